The molecule has 1 heterocycles. The number of carboxylic acid groups (broad SMARTS) is 1. The zero-order chi connectivity index (χ0) is 12.6. The molecule has 0 radical (unpaired) electrons. The predicted molar refractivity (Wildman–Crippen MR) is 56.6 cm³/mol. The first-order valence-electron chi connectivity index (χ1n) is 4.99. The monoisotopic (exact) mass is 239 g/mol. The van der Waals surface area contributed by atoms with Gasteiger partial charge >= 0.3 is 12.1 Å². The second-order valence-corrected chi connectivity index (χ2v) is 3.77. The zero-order valence-corrected chi connectivity index (χ0v) is 9.01. The van der Waals surface area contributed by atoms with Gasteiger partial charge in [-0.2, -0.15) is 0 Å². The van der Waals surface area contributed by atoms with E-state index < -0.39 is 17.9 Å². The Hall–Kier alpha value is -2.11. The van der Waals surface area contributed by atoms with Crippen molar-refractivity contribution < 1.29 is 23.8 Å². The highest BCUT2D eigenvalue weighted by molar-refractivity contribution is 5.92. The number of benzene rings is 1. The predicted octanol–water partition coefficient (Wildman–Crippen LogP) is 1.87. The second-order valence-electron chi connectivity index (χ2n) is 3.77. The Morgan fingerprint density at radius 1 is 1.59 bits per heavy atom. The molecule has 90 valence electrons. The summed E-state index contributed by atoms with van der Waals surface area (Å²) in [7, 11) is 0. The molecule has 0 unspecified atom stereocenters. The quantitative estimate of drug-likeness (QED) is 0.855. The van der Waals surface area contributed by atoms with E-state index in [4.69, 9.17) is 9.84 Å². The smallest absolute Gasteiger partial charge is 0.414 e. The number of ether oxygens (including phenoxy) is 1. The number of carbonyl (C=O) groups is 2. The SMILES string of the molecule is C[C@@H]1COC(=O)N1c1ccc(C(=O)O)cc1F. The number of carboxylic acids is 1. The molecule has 0 spiro atoms. The first-order valence-corrected chi connectivity index (χ1v) is 4.99. The molecule has 6 heteroatoms. The average Bonchev–Trinajstić information content (AvgIpc) is 2.59. The first kappa shape index (κ1) is 11.4. The van der Waals surface area contributed by atoms with Crippen molar-refractivity contribution in [2.24, 2.45) is 0 Å². The van der Waals surface area contributed by atoms with Gasteiger partial charge in [-0.1, -0.05) is 0 Å². The van der Waals surface area contributed by atoms with Crippen LogP contribution in [0.15, 0.2) is 18.2 Å². The number of anilines is 1. The van der Waals surface area contributed by atoms with Crippen LogP contribution in [0.4, 0.5) is 14.9 Å². The number of aromatic carboxylic acids is 1. The topological polar surface area (TPSA) is 66.8 Å². The lowest BCUT2D eigenvalue weighted by Gasteiger charge is -2.18. The summed E-state index contributed by atoms with van der Waals surface area (Å²) < 4.78 is 18.5. The van der Waals surface area contributed by atoms with Gasteiger partial charge in [0.05, 0.1) is 17.3 Å². The Labute approximate surface area is 96.4 Å². The molecule has 1 aromatic rings. The third kappa shape index (κ3) is 1.93. The summed E-state index contributed by atoms with van der Waals surface area (Å²) in [6.07, 6.45) is -0.625. The average molecular weight is 239 g/mol. The van der Waals surface area contributed by atoms with Crippen LogP contribution in [0.5, 0.6) is 0 Å². The summed E-state index contributed by atoms with van der Waals surface area (Å²) in [5.41, 5.74) is -0.128. The Balaban J connectivity index is 2.40. The minimum atomic E-state index is -1.22. The van der Waals surface area contributed by atoms with Gasteiger partial charge in [-0.3, -0.25) is 4.90 Å². The molecule has 1 fully saturated rings. The van der Waals surface area contributed by atoms with Crippen LogP contribution in [0.1, 0.15) is 17.3 Å². The highest BCUT2D eigenvalue weighted by Crippen LogP contribution is 2.26. The minimum Gasteiger partial charge on any atom is -0.478 e. The van der Waals surface area contributed by atoms with E-state index in [1.165, 1.54) is 17.0 Å². The minimum absolute atomic E-state index is 0.0324. The van der Waals surface area contributed by atoms with Gasteiger partial charge in [0.1, 0.15) is 12.4 Å². The van der Waals surface area contributed by atoms with Crippen LogP contribution in [-0.2, 0) is 4.74 Å². The molecule has 0 aliphatic carbocycles. The highest BCUT2D eigenvalue weighted by atomic mass is 19.1. The molecular weight excluding hydrogens is 229 g/mol. The van der Waals surface area contributed by atoms with E-state index in [9.17, 15) is 14.0 Å². The van der Waals surface area contributed by atoms with Crippen molar-refractivity contribution in [3.8, 4) is 0 Å². The Bertz CT molecular complexity index is 488. The molecule has 5 nitrogen and oxygen atoms in total. The normalized spacial score (nSPS) is 19.3. The van der Waals surface area contributed by atoms with Crippen LogP contribution >= 0.6 is 0 Å². The van der Waals surface area contributed by atoms with E-state index >= 15 is 0 Å². The third-order valence-electron chi connectivity index (χ3n) is 2.54. The van der Waals surface area contributed by atoms with Crippen molar-refractivity contribution in [2.45, 2.75) is 13.0 Å². The summed E-state index contributed by atoms with van der Waals surface area (Å²) >= 11 is 0. The number of nitrogens with zero attached hydrogens (tertiary/aromatic N) is 1. The molecule has 1 atom stereocenters. The number of cyclic esters (lactones) is 1. The molecule has 1 N–H and O–H groups in total. The molecule has 1 aliphatic rings. The van der Waals surface area contributed by atoms with Crippen LogP contribution in [0.3, 0.4) is 0 Å². The van der Waals surface area contributed by atoms with E-state index in [-0.39, 0.29) is 23.9 Å². The van der Waals surface area contributed by atoms with E-state index in [0.717, 1.165) is 6.07 Å². The van der Waals surface area contributed by atoms with Gasteiger partial charge < -0.3 is 9.84 Å². The summed E-state index contributed by atoms with van der Waals surface area (Å²) in [4.78, 5) is 23.2. The molecule has 1 aliphatic heterocycles. The van der Waals surface area contributed by atoms with Crippen LogP contribution in [0.2, 0.25) is 0 Å². The van der Waals surface area contributed by atoms with Gasteiger partial charge in [0, 0.05) is 0 Å². The van der Waals surface area contributed by atoms with Gasteiger partial charge in [-0.05, 0) is 25.1 Å². The van der Waals surface area contributed by atoms with Crippen LogP contribution in [0, 0.1) is 5.82 Å². The van der Waals surface area contributed by atoms with Gasteiger partial charge in [0.15, 0.2) is 0 Å². The molecule has 1 amide bonds. The van der Waals surface area contributed by atoms with Crippen molar-refractivity contribution in [3.05, 3.63) is 29.6 Å². The molecular formula is C11H10FNO4. The fourth-order valence-electron chi connectivity index (χ4n) is 1.69. The lowest BCUT2D eigenvalue weighted by molar-refractivity contribution is 0.0696. The molecule has 0 saturated carbocycles. The molecule has 2 rings (SSSR count). The lowest BCUT2D eigenvalue weighted by Crippen LogP contribution is -2.31. The van der Waals surface area contributed by atoms with E-state index in [1.54, 1.807) is 6.92 Å². The van der Waals surface area contributed by atoms with Crippen molar-refractivity contribution in [3.63, 3.8) is 0 Å². The van der Waals surface area contributed by atoms with E-state index in [2.05, 4.69) is 0 Å². The fraction of sp³-hybridized carbons (Fsp3) is 0.273. The van der Waals surface area contributed by atoms with Crippen LogP contribution < -0.4 is 4.90 Å². The van der Waals surface area contributed by atoms with Gasteiger partial charge in [0.25, 0.3) is 0 Å². The Morgan fingerprint density at radius 2 is 2.29 bits per heavy atom. The maximum atomic E-state index is 13.7. The number of amides is 1. The van der Waals surface area contributed by atoms with Gasteiger partial charge in [0.2, 0.25) is 0 Å². The van der Waals surface area contributed by atoms with E-state index in [1.807, 2.05) is 0 Å². The van der Waals surface area contributed by atoms with Crippen molar-refractivity contribution in [2.75, 3.05) is 11.5 Å². The van der Waals surface area contributed by atoms with Crippen molar-refractivity contribution in [1.29, 1.82) is 0 Å². The molecule has 17 heavy (non-hydrogen) atoms. The van der Waals surface area contributed by atoms with Crippen LogP contribution in [-0.4, -0.2) is 29.8 Å². The van der Waals surface area contributed by atoms with E-state index in [0.29, 0.717) is 0 Å². The largest absolute Gasteiger partial charge is 0.478 e. The van der Waals surface area contributed by atoms with Crippen LogP contribution in [0.25, 0.3) is 0 Å². The molecule has 0 aromatic heterocycles. The number of halogens is 1. The first-order chi connectivity index (χ1) is 8.00. The van der Waals surface area contributed by atoms with Gasteiger partial charge in [-0.15, -0.1) is 0 Å². The second kappa shape index (κ2) is 4.04. The zero-order valence-electron chi connectivity index (χ0n) is 9.01. The maximum absolute atomic E-state index is 13.7. The summed E-state index contributed by atoms with van der Waals surface area (Å²) in [6, 6.07) is 3.13. The number of carbonyl (C=O) groups excluding carboxylic acids is 1. The molecule has 0 bridgehead atoms. The highest BCUT2D eigenvalue weighted by Gasteiger charge is 2.32. The maximum Gasteiger partial charge on any atom is 0.414 e. The van der Waals surface area contributed by atoms with Crippen molar-refractivity contribution in [1.82, 2.24) is 0 Å². The van der Waals surface area contributed by atoms with Gasteiger partial charge in [-0.25, -0.2) is 14.0 Å². The Kier molecular flexibility index (Phi) is 2.71. The number of rotatable bonds is 2. The number of hydrogen-bond donors (Lipinski definition) is 1. The lowest BCUT2D eigenvalue weighted by atomic mass is 10.1. The molecule has 1 aromatic carbocycles. The fourth-order valence-corrected chi connectivity index (χ4v) is 1.69. The Morgan fingerprint density at radius 3 is 2.76 bits per heavy atom. The summed E-state index contributed by atoms with van der Waals surface area (Å²) in [5.74, 6) is -1.97. The summed E-state index contributed by atoms with van der Waals surface area (Å²) in [5, 5.41) is 8.70. The number of hydrogen-bond acceptors (Lipinski definition) is 3. The summed E-state index contributed by atoms with van der Waals surface area (Å²) in [6.45, 7) is 1.91. The molecule has 1 saturated heterocycles. The standard InChI is InChI=1S/C11H10FNO4/c1-6-5-17-11(16)13(6)9-3-2-7(10(14)15)4-8(9)12/h2-4,6H,5H2,1H3,(H,14,15)/t6-/m1/s1. The van der Waals surface area contributed by atoms with Crippen molar-refractivity contribution >= 4 is 17.7 Å². The third-order valence-corrected chi connectivity index (χ3v) is 2.54.